The van der Waals surface area contributed by atoms with Gasteiger partial charge in [-0.3, -0.25) is 4.79 Å². The highest BCUT2D eigenvalue weighted by atomic mass is 16.8. The first-order chi connectivity index (χ1) is 14.9. The number of amides is 1. The van der Waals surface area contributed by atoms with E-state index in [9.17, 15) is 4.79 Å². The molecular formula is C20H35NO10. The lowest BCUT2D eigenvalue weighted by Crippen LogP contribution is -2.65. The summed E-state index contributed by atoms with van der Waals surface area (Å²) in [5.74, 6) is -0.974. The standard InChI is InChI=1S/C20H35NO10/c1-14(23)21-15-16-17(30-19(2,3)29-16)20(13-28-18(15)31-20)12-27-11-10-26-9-8-25-7-6-24-5-4-22/h15-18,22H,4-13H2,1-3H3,(H,21,23)/t15-,16-,17-,18+,20+/m1/s1. The van der Waals surface area contributed by atoms with E-state index in [-0.39, 0.29) is 19.1 Å². The number of aliphatic hydroxyl groups is 1. The second kappa shape index (κ2) is 11.3. The Kier molecular flexibility index (Phi) is 9.02. The van der Waals surface area contributed by atoms with Crippen LogP contribution in [0.3, 0.4) is 0 Å². The molecule has 11 nitrogen and oxygen atoms in total. The number of ether oxygens (including phenoxy) is 8. The zero-order valence-electron chi connectivity index (χ0n) is 18.5. The van der Waals surface area contributed by atoms with Crippen LogP contribution in [0.4, 0.5) is 0 Å². The Balaban J connectivity index is 1.37. The van der Waals surface area contributed by atoms with E-state index in [0.717, 1.165) is 0 Å². The summed E-state index contributed by atoms with van der Waals surface area (Å²) in [6.45, 7) is 8.62. The van der Waals surface area contributed by atoms with Crippen LogP contribution in [0.5, 0.6) is 0 Å². The molecule has 11 heteroatoms. The number of rotatable bonds is 14. The van der Waals surface area contributed by atoms with E-state index in [0.29, 0.717) is 52.9 Å². The van der Waals surface area contributed by atoms with Crippen LogP contribution in [0.25, 0.3) is 0 Å². The number of carbonyl (C=O) groups excluding carboxylic acids is 1. The van der Waals surface area contributed by atoms with Crippen LogP contribution in [-0.4, -0.2) is 113 Å². The van der Waals surface area contributed by atoms with Gasteiger partial charge in [0.25, 0.3) is 0 Å². The highest BCUT2D eigenvalue weighted by Gasteiger charge is 2.66. The van der Waals surface area contributed by atoms with Crippen LogP contribution < -0.4 is 5.32 Å². The van der Waals surface area contributed by atoms with Crippen LogP contribution in [-0.2, 0) is 42.7 Å². The summed E-state index contributed by atoms with van der Waals surface area (Å²) in [4.78, 5) is 11.6. The van der Waals surface area contributed by atoms with Gasteiger partial charge in [0.05, 0.1) is 66.1 Å². The molecule has 0 aromatic carbocycles. The first-order valence-corrected chi connectivity index (χ1v) is 10.7. The Hall–Kier alpha value is -0.890. The van der Waals surface area contributed by atoms with Gasteiger partial charge in [-0.2, -0.15) is 0 Å². The Labute approximate surface area is 182 Å². The third-order valence-electron chi connectivity index (χ3n) is 5.21. The molecular weight excluding hydrogens is 414 g/mol. The smallest absolute Gasteiger partial charge is 0.217 e. The summed E-state index contributed by atoms with van der Waals surface area (Å²) in [6, 6.07) is -0.447. The predicted octanol–water partition coefficient (Wildman–Crippen LogP) is -0.805. The van der Waals surface area contributed by atoms with E-state index in [1.165, 1.54) is 6.92 Å². The topological polar surface area (TPSA) is 123 Å². The van der Waals surface area contributed by atoms with E-state index < -0.39 is 35.9 Å². The molecule has 31 heavy (non-hydrogen) atoms. The molecule has 2 bridgehead atoms. The van der Waals surface area contributed by atoms with Gasteiger partial charge in [0.1, 0.15) is 23.9 Å². The molecule has 0 spiro atoms. The van der Waals surface area contributed by atoms with Gasteiger partial charge in [0, 0.05) is 6.92 Å². The number of hydrogen-bond donors (Lipinski definition) is 2. The Morgan fingerprint density at radius 2 is 1.58 bits per heavy atom. The molecule has 0 aliphatic carbocycles. The maximum atomic E-state index is 11.6. The van der Waals surface area contributed by atoms with Crippen LogP contribution in [0, 0.1) is 0 Å². The van der Waals surface area contributed by atoms with Gasteiger partial charge >= 0.3 is 0 Å². The number of hydrogen-bond acceptors (Lipinski definition) is 10. The van der Waals surface area contributed by atoms with Crippen molar-refractivity contribution in [3.63, 3.8) is 0 Å². The molecule has 3 aliphatic rings. The average molecular weight is 449 g/mol. The lowest BCUT2D eigenvalue weighted by atomic mass is 9.88. The molecule has 3 aliphatic heterocycles. The molecule has 180 valence electrons. The molecule has 2 N–H and O–H groups in total. The summed E-state index contributed by atoms with van der Waals surface area (Å²) >= 11 is 0. The molecule has 0 aromatic rings. The SMILES string of the molecule is CC(=O)N[C@H]1[C@H]2OC[C@](COCCOCCOCCOCCO)(O2)[C@@H]2OC(C)(C)O[C@H]12. The monoisotopic (exact) mass is 449 g/mol. The minimum atomic E-state index is -0.796. The zero-order chi connectivity index (χ0) is 22.3. The number of fused-ring (bicyclic) bond motifs is 4. The maximum Gasteiger partial charge on any atom is 0.217 e. The molecule has 0 radical (unpaired) electrons. The summed E-state index contributed by atoms with van der Waals surface area (Å²) in [5.41, 5.74) is -0.796. The fraction of sp³-hybridized carbons (Fsp3) is 0.950. The summed E-state index contributed by atoms with van der Waals surface area (Å²) in [5, 5.41) is 11.5. The molecule has 0 aromatic heterocycles. The molecule has 5 atom stereocenters. The third-order valence-corrected chi connectivity index (χ3v) is 5.21. The molecule has 0 unspecified atom stereocenters. The van der Waals surface area contributed by atoms with Gasteiger partial charge in [0.2, 0.25) is 5.91 Å². The van der Waals surface area contributed by atoms with Crippen LogP contribution in [0.15, 0.2) is 0 Å². The lowest BCUT2D eigenvalue weighted by molar-refractivity contribution is -0.214. The minimum absolute atomic E-state index is 0.0103. The lowest BCUT2D eigenvalue weighted by Gasteiger charge is -2.42. The second-order valence-electron chi connectivity index (χ2n) is 8.22. The third kappa shape index (κ3) is 6.56. The van der Waals surface area contributed by atoms with Crippen molar-refractivity contribution in [2.75, 3.05) is 66.1 Å². The van der Waals surface area contributed by atoms with E-state index in [2.05, 4.69) is 5.32 Å². The van der Waals surface area contributed by atoms with E-state index in [1.54, 1.807) is 0 Å². The van der Waals surface area contributed by atoms with Crippen molar-refractivity contribution in [1.82, 2.24) is 5.32 Å². The van der Waals surface area contributed by atoms with Gasteiger partial charge in [0.15, 0.2) is 12.1 Å². The van der Waals surface area contributed by atoms with Crippen molar-refractivity contribution in [1.29, 1.82) is 0 Å². The normalized spacial score (nSPS) is 33.4. The number of carbonyl (C=O) groups is 1. The van der Waals surface area contributed by atoms with Gasteiger partial charge < -0.3 is 48.3 Å². The van der Waals surface area contributed by atoms with Gasteiger partial charge in [-0.1, -0.05) is 0 Å². The van der Waals surface area contributed by atoms with Gasteiger partial charge in [-0.05, 0) is 13.8 Å². The van der Waals surface area contributed by atoms with Crippen molar-refractivity contribution in [3.05, 3.63) is 0 Å². The predicted molar refractivity (Wildman–Crippen MR) is 105 cm³/mol. The van der Waals surface area contributed by atoms with Crippen molar-refractivity contribution in [3.8, 4) is 0 Å². The first-order valence-electron chi connectivity index (χ1n) is 10.7. The van der Waals surface area contributed by atoms with Crippen molar-refractivity contribution in [2.45, 2.75) is 56.7 Å². The Morgan fingerprint density at radius 3 is 2.19 bits per heavy atom. The second-order valence-corrected chi connectivity index (χ2v) is 8.22. The van der Waals surface area contributed by atoms with E-state index in [4.69, 9.17) is 43.0 Å². The molecule has 3 rings (SSSR count). The van der Waals surface area contributed by atoms with E-state index in [1.807, 2.05) is 13.8 Å². The van der Waals surface area contributed by atoms with Crippen molar-refractivity contribution in [2.24, 2.45) is 0 Å². The summed E-state index contributed by atoms with van der Waals surface area (Å²) in [7, 11) is 0. The fourth-order valence-electron chi connectivity index (χ4n) is 3.97. The maximum absolute atomic E-state index is 11.6. The minimum Gasteiger partial charge on any atom is -0.394 e. The number of nitrogens with one attached hydrogen (secondary N) is 1. The molecule has 3 heterocycles. The Morgan fingerprint density at radius 1 is 0.968 bits per heavy atom. The quantitative estimate of drug-likeness (QED) is 0.326. The fourth-order valence-corrected chi connectivity index (χ4v) is 3.97. The Bertz CT molecular complexity index is 576. The first kappa shape index (κ1) is 24.7. The molecule has 1 amide bonds. The highest BCUT2D eigenvalue weighted by molar-refractivity contribution is 5.73. The van der Waals surface area contributed by atoms with Crippen LogP contribution in [0.1, 0.15) is 20.8 Å². The summed E-state index contributed by atoms with van der Waals surface area (Å²) in [6.07, 6.45) is -1.43. The highest BCUT2D eigenvalue weighted by Crippen LogP contribution is 2.46. The zero-order valence-corrected chi connectivity index (χ0v) is 18.5. The van der Waals surface area contributed by atoms with Crippen LogP contribution in [0.2, 0.25) is 0 Å². The van der Waals surface area contributed by atoms with Gasteiger partial charge in [-0.15, -0.1) is 0 Å². The average Bonchev–Trinajstić information content (AvgIpc) is 3.26. The molecule has 3 fully saturated rings. The van der Waals surface area contributed by atoms with E-state index >= 15 is 0 Å². The summed E-state index contributed by atoms with van der Waals surface area (Å²) < 4.78 is 45.9. The van der Waals surface area contributed by atoms with Crippen molar-refractivity contribution >= 4 is 5.91 Å². The van der Waals surface area contributed by atoms with Crippen molar-refractivity contribution < 1.29 is 47.8 Å². The van der Waals surface area contributed by atoms with Crippen LogP contribution >= 0.6 is 0 Å². The largest absolute Gasteiger partial charge is 0.394 e. The molecule has 3 saturated heterocycles. The van der Waals surface area contributed by atoms with Gasteiger partial charge in [-0.25, -0.2) is 0 Å². The number of aliphatic hydroxyl groups excluding tert-OH is 1. The molecule has 0 saturated carbocycles.